The molecule has 1 amide bonds. The number of hydrogen-bond donors (Lipinski definition) is 5. The molecule has 4 atom stereocenters. The molecule has 4 unspecified atom stereocenters. The summed E-state index contributed by atoms with van der Waals surface area (Å²) in [5.74, 6) is -0.606. The van der Waals surface area contributed by atoms with Crippen LogP contribution in [0.5, 0.6) is 0 Å². The third kappa shape index (κ3) is 39.7. The minimum absolute atomic E-state index is 0.350. The Morgan fingerprint density at radius 2 is 0.724 bits per heavy atom. The lowest BCUT2D eigenvalue weighted by Crippen LogP contribution is -2.53. The summed E-state index contributed by atoms with van der Waals surface area (Å²) in [6.07, 6.45) is 57.4. The standard InChI is InChI=1S/C52H97NO5/c1-3-5-7-9-11-13-15-17-19-20-21-22-23-24-25-26-27-28-29-30-31-32-34-35-37-39-41-43-45-49(55)51(57)48(47-54)53-52(58)50(56)46-44-42-40-38-36-33-18-16-14-12-10-8-6-4-2/h14,16,27-28,31-32,37,39,48-51,54-57H,3-13,15,17-26,29-30,33-36,38,40-47H2,1-2H3,(H,53,58)/b16-14-,28-27+,32-31+,39-37+. The van der Waals surface area contributed by atoms with Gasteiger partial charge in [-0.3, -0.25) is 4.79 Å². The summed E-state index contributed by atoms with van der Waals surface area (Å²) in [4.78, 5) is 12.5. The maximum atomic E-state index is 12.5. The molecule has 0 aromatic rings. The number of allylic oxidation sites excluding steroid dienone is 8. The average molecular weight is 816 g/mol. The van der Waals surface area contributed by atoms with E-state index in [1.807, 2.05) is 0 Å². The average Bonchev–Trinajstić information content (AvgIpc) is 3.23. The van der Waals surface area contributed by atoms with E-state index in [-0.39, 0.29) is 0 Å². The van der Waals surface area contributed by atoms with Crippen LogP contribution in [0.1, 0.15) is 245 Å². The van der Waals surface area contributed by atoms with Crippen LogP contribution in [0.3, 0.4) is 0 Å². The van der Waals surface area contributed by atoms with E-state index in [0.29, 0.717) is 19.3 Å². The number of aliphatic hydroxyl groups excluding tert-OH is 4. The van der Waals surface area contributed by atoms with Crippen molar-refractivity contribution in [2.45, 2.75) is 269 Å². The second-order valence-corrected chi connectivity index (χ2v) is 17.1. The second kappa shape index (κ2) is 46.3. The minimum atomic E-state index is -1.30. The van der Waals surface area contributed by atoms with Gasteiger partial charge in [-0.15, -0.1) is 0 Å². The van der Waals surface area contributed by atoms with Crippen molar-refractivity contribution in [3.63, 3.8) is 0 Å². The lowest BCUT2D eigenvalue weighted by atomic mass is 10.00. The van der Waals surface area contributed by atoms with Gasteiger partial charge >= 0.3 is 0 Å². The molecule has 0 radical (unpaired) electrons. The molecule has 0 rings (SSSR count). The lowest BCUT2D eigenvalue weighted by molar-refractivity contribution is -0.132. The number of amides is 1. The molecule has 0 aliphatic heterocycles. The fourth-order valence-corrected chi connectivity index (χ4v) is 7.49. The van der Waals surface area contributed by atoms with E-state index >= 15 is 0 Å². The fraction of sp³-hybridized carbons (Fsp3) is 0.827. The number of carbonyl (C=O) groups excluding carboxylic acids is 1. The van der Waals surface area contributed by atoms with Crippen LogP contribution in [-0.4, -0.2) is 57.3 Å². The monoisotopic (exact) mass is 816 g/mol. The summed E-state index contributed by atoms with van der Waals surface area (Å²) in [5.41, 5.74) is 0. The van der Waals surface area contributed by atoms with Crippen LogP contribution < -0.4 is 5.32 Å². The molecule has 0 aliphatic carbocycles. The van der Waals surface area contributed by atoms with Crippen molar-refractivity contribution in [2.24, 2.45) is 0 Å². The molecule has 0 spiro atoms. The van der Waals surface area contributed by atoms with Crippen LogP contribution in [0.2, 0.25) is 0 Å². The summed E-state index contributed by atoms with van der Waals surface area (Å²) in [5, 5.41) is 43.7. The molecule has 6 nitrogen and oxygen atoms in total. The van der Waals surface area contributed by atoms with Crippen molar-refractivity contribution in [3.05, 3.63) is 48.6 Å². The molecular weight excluding hydrogens is 719 g/mol. The number of aliphatic hydroxyl groups is 4. The van der Waals surface area contributed by atoms with Gasteiger partial charge in [0.05, 0.1) is 18.8 Å². The van der Waals surface area contributed by atoms with Crippen molar-refractivity contribution in [1.29, 1.82) is 0 Å². The molecule has 0 saturated heterocycles. The Balaban J connectivity index is 3.75. The molecule has 58 heavy (non-hydrogen) atoms. The largest absolute Gasteiger partial charge is 0.394 e. The summed E-state index contributed by atoms with van der Waals surface area (Å²) in [7, 11) is 0. The van der Waals surface area contributed by atoms with Gasteiger partial charge in [-0.25, -0.2) is 0 Å². The number of rotatable bonds is 45. The first kappa shape index (κ1) is 56.3. The Hall–Kier alpha value is -1.73. The molecule has 0 fully saturated rings. The van der Waals surface area contributed by atoms with Gasteiger partial charge in [-0.2, -0.15) is 0 Å². The summed E-state index contributed by atoms with van der Waals surface area (Å²) >= 11 is 0. The van der Waals surface area contributed by atoms with Crippen LogP contribution in [0.15, 0.2) is 48.6 Å². The Labute approximate surface area is 359 Å². The number of unbranched alkanes of at least 4 members (excludes halogenated alkanes) is 28. The van der Waals surface area contributed by atoms with Gasteiger partial charge < -0.3 is 25.7 Å². The van der Waals surface area contributed by atoms with E-state index < -0.39 is 36.9 Å². The maximum Gasteiger partial charge on any atom is 0.249 e. The predicted octanol–water partition coefficient (Wildman–Crippen LogP) is 13.9. The van der Waals surface area contributed by atoms with Gasteiger partial charge in [0, 0.05) is 0 Å². The van der Waals surface area contributed by atoms with E-state index in [1.54, 1.807) is 0 Å². The molecule has 5 N–H and O–H groups in total. The van der Waals surface area contributed by atoms with Gasteiger partial charge in [0.2, 0.25) is 5.91 Å². The lowest BCUT2D eigenvalue weighted by Gasteiger charge is -2.27. The number of hydrogen-bond acceptors (Lipinski definition) is 5. The molecule has 0 aromatic heterocycles. The zero-order valence-corrected chi connectivity index (χ0v) is 38.3. The van der Waals surface area contributed by atoms with Gasteiger partial charge in [-0.1, -0.05) is 204 Å². The zero-order valence-electron chi connectivity index (χ0n) is 38.3. The third-order valence-electron chi connectivity index (χ3n) is 11.5. The Bertz CT molecular complexity index is 961. The number of carbonyl (C=O) groups is 1. The Morgan fingerprint density at radius 1 is 0.414 bits per heavy atom. The highest BCUT2D eigenvalue weighted by atomic mass is 16.3. The predicted molar refractivity (Wildman–Crippen MR) is 251 cm³/mol. The highest BCUT2D eigenvalue weighted by Gasteiger charge is 2.28. The molecule has 0 saturated carbocycles. The highest BCUT2D eigenvalue weighted by molar-refractivity contribution is 5.80. The fourth-order valence-electron chi connectivity index (χ4n) is 7.49. The van der Waals surface area contributed by atoms with Gasteiger partial charge in [0.15, 0.2) is 0 Å². The highest BCUT2D eigenvalue weighted by Crippen LogP contribution is 2.15. The van der Waals surface area contributed by atoms with E-state index in [4.69, 9.17) is 0 Å². The smallest absolute Gasteiger partial charge is 0.249 e. The molecule has 0 aromatic carbocycles. The van der Waals surface area contributed by atoms with Crippen LogP contribution in [0.25, 0.3) is 0 Å². The van der Waals surface area contributed by atoms with Crippen LogP contribution in [0.4, 0.5) is 0 Å². The molecular formula is C52H97NO5. The van der Waals surface area contributed by atoms with Crippen molar-refractivity contribution in [3.8, 4) is 0 Å². The van der Waals surface area contributed by atoms with Gasteiger partial charge in [0.1, 0.15) is 12.2 Å². The summed E-state index contributed by atoms with van der Waals surface area (Å²) < 4.78 is 0. The first-order valence-electron chi connectivity index (χ1n) is 25.0. The molecule has 0 heterocycles. The van der Waals surface area contributed by atoms with E-state index in [1.165, 1.54) is 148 Å². The van der Waals surface area contributed by atoms with Crippen LogP contribution >= 0.6 is 0 Å². The topological polar surface area (TPSA) is 110 Å². The van der Waals surface area contributed by atoms with Crippen molar-refractivity contribution in [2.75, 3.05) is 6.61 Å². The van der Waals surface area contributed by atoms with Crippen molar-refractivity contribution in [1.82, 2.24) is 5.32 Å². The maximum absolute atomic E-state index is 12.5. The normalized spacial score (nSPS) is 14.4. The summed E-state index contributed by atoms with van der Waals surface area (Å²) in [6.45, 7) is 4.02. The van der Waals surface area contributed by atoms with Crippen LogP contribution in [-0.2, 0) is 4.79 Å². The van der Waals surface area contributed by atoms with Crippen LogP contribution in [0, 0.1) is 0 Å². The van der Waals surface area contributed by atoms with E-state index in [0.717, 1.165) is 64.2 Å². The summed E-state index contributed by atoms with van der Waals surface area (Å²) in [6, 6.07) is -1.01. The minimum Gasteiger partial charge on any atom is -0.394 e. The first-order chi connectivity index (χ1) is 28.5. The number of nitrogens with one attached hydrogen (secondary N) is 1. The van der Waals surface area contributed by atoms with Gasteiger partial charge in [-0.05, 0) is 89.9 Å². The molecule has 0 bridgehead atoms. The van der Waals surface area contributed by atoms with Gasteiger partial charge in [0.25, 0.3) is 0 Å². The third-order valence-corrected chi connectivity index (χ3v) is 11.5. The quantitative estimate of drug-likeness (QED) is 0.0311. The van der Waals surface area contributed by atoms with E-state index in [2.05, 4.69) is 67.8 Å². The second-order valence-electron chi connectivity index (χ2n) is 17.1. The van der Waals surface area contributed by atoms with Crippen molar-refractivity contribution < 1.29 is 25.2 Å². The molecule has 340 valence electrons. The Morgan fingerprint density at radius 3 is 1.10 bits per heavy atom. The van der Waals surface area contributed by atoms with E-state index in [9.17, 15) is 25.2 Å². The zero-order chi connectivity index (χ0) is 42.4. The Kier molecular flexibility index (Phi) is 45.0. The molecule has 6 heteroatoms. The SMILES string of the molecule is CCCCCC/C=C\CCCCCCCCC(O)C(=O)NC(CO)C(O)C(O)CCC/C=C/CC/C=C/CC/C=C/CCCCCCCCCCCCCCCCC. The molecule has 0 aliphatic rings. The first-order valence-corrected chi connectivity index (χ1v) is 25.0. The van der Waals surface area contributed by atoms with Crippen molar-refractivity contribution >= 4 is 5.91 Å².